The van der Waals surface area contributed by atoms with E-state index in [4.69, 9.17) is 9.47 Å². The fraction of sp³-hybridized carbons (Fsp3) is 0.462. The van der Waals surface area contributed by atoms with Crippen LogP contribution in [0, 0.1) is 0 Å². The highest BCUT2D eigenvalue weighted by atomic mass is 32.1. The number of nitrogens with zero attached hydrogens (tertiary/aromatic N) is 2. The Morgan fingerprint density at radius 3 is 1.79 bits per heavy atom. The molecule has 4 rings (SSSR count). The summed E-state index contributed by atoms with van der Waals surface area (Å²) in [6.45, 7) is 5.69. The van der Waals surface area contributed by atoms with Gasteiger partial charge in [0, 0.05) is 11.1 Å². The third-order valence-electron chi connectivity index (χ3n) is 5.72. The molecular weight excluding hydrogens is 468 g/mol. The van der Waals surface area contributed by atoms with Crippen LogP contribution < -0.4 is 9.47 Å². The molecule has 0 fully saturated rings. The normalized spacial score (nSPS) is 11.3. The number of hydrogen-bond acceptors (Lipinski definition) is 7. The first-order valence-corrected chi connectivity index (χ1v) is 14.5. The van der Waals surface area contributed by atoms with Gasteiger partial charge in [-0.15, -0.1) is 22.7 Å². The van der Waals surface area contributed by atoms with E-state index in [0.717, 1.165) is 56.4 Å². The highest BCUT2D eigenvalue weighted by molar-refractivity contribution is 7.14. The Morgan fingerprint density at radius 1 is 0.667 bits per heavy atom. The molecule has 0 atom stereocenters. The topological polar surface area (TPSA) is 44.2 Å². The number of benzene rings is 1. The number of unbranched alkanes of at least 4 members (excludes halogenated alkanes) is 7. The number of aromatic nitrogens is 2. The summed E-state index contributed by atoms with van der Waals surface area (Å²) in [5.74, 6) is 1.87. The molecule has 0 saturated carbocycles. The maximum atomic E-state index is 6.20. The van der Waals surface area contributed by atoms with Gasteiger partial charge >= 0.3 is 0 Å². The van der Waals surface area contributed by atoms with Crippen molar-refractivity contribution in [3.63, 3.8) is 0 Å². The maximum Gasteiger partial charge on any atom is 0.137 e. The standard InChI is InChI=1S/C26H32N2O2S3/c1-3-5-6-7-8-9-10-11-16-30-22-15-18-32-26(22)20-13-12-19(23-24(20)28-33-27-23)25-21(29-4-2)14-17-31-25/h12-15,17-18H,3-11,16H2,1-2H3. The van der Waals surface area contributed by atoms with Crippen molar-refractivity contribution in [3.05, 3.63) is 35.0 Å². The number of ether oxygens (including phenoxy) is 2. The van der Waals surface area contributed by atoms with Crippen molar-refractivity contribution >= 4 is 45.4 Å². The van der Waals surface area contributed by atoms with Gasteiger partial charge in [0.15, 0.2) is 0 Å². The van der Waals surface area contributed by atoms with Crippen LogP contribution in [0.15, 0.2) is 35.0 Å². The van der Waals surface area contributed by atoms with Crippen molar-refractivity contribution in [1.82, 2.24) is 8.75 Å². The van der Waals surface area contributed by atoms with Gasteiger partial charge in [0.25, 0.3) is 0 Å². The van der Waals surface area contributed by atoms with Crippen LogP contribution in [0.25, 0.3) is 31.9 Å². The van der Waals surface area contributed by atoms with E-state index in [1.165, 1.54) is 56.7 Å². The van der Waals surface area contributed by atoms with Crippen LogP contribution >= 0.6 is 34.4 Å². The lowest BCUT2D eigenvalue weighted by Gasteiger charge is -2.10. The van der Waals surface area contributed by atoms with E-state index in [2.05, 4.69) is 44.6 Å². The highest BCUT2D eigenvalue weighted by Gasteiger charge is 2.19. The molecule has 0 bridgehead atoms. The summed E-state index contributed by atoms with van der Waals surface area (Å²) < 4.78 is 21.3. The van der Waals surface area contributed by atoms with Gasteiger partial charge in [-0.05, 0) is 36.2 Å². The second-order valence-electron chi connectivity index (χ2n) is 8.11. The summed E-state index contributed by atoms with van der Waals surface area (Å²) in [5, 5.41) is 4.17. The lowest BCUT2D eigenvalue weighted by molar-refractivity contribution is 0.306. The second kappa shape index (κ2) is 12.5. The largest absolute Gasteiger partial charge is 0.492 e. The number of hydrogen-bond donors (Lipinski definition) is 0. The zero-order valence-electron chi connectivity index (χ0n) is 19.5. The van der Waals surface area contributed by atoms with Gasteiger partial charge in [0.2, 0.25) is 0 Å². The SMILES string of the molecule is CCCCCCCCCCOc1ccsc1-c1ccc(-c2sccc2OCC)c2nsnc12. The van der Waals surface area contributed by atoms with Crippen molar-refractivity contribution in [2.24, 2.45) is 0 Å². The minimum Gasteiger partial charge on any atom is -0.492 e. The molecule has 176 valence electrons. The van der Waals surface area contributed by atoms with Crippen molar-refractivity contribution in [2.75, 3.05) is 13.2 Å². The lowest BCUT2D eigenvalue weighted by Crippen LogP contribution is -1.97. The van der Waals surface area contributed by atoms with E-state index in [-0.39, 0.29) is 0 Å². The Bertz CT molecular complexity index is 1130. The summed E-state index contributed by atoms with van der Waals surface area (Å²) in [7, 11) is 0. The van der Waals surface area contributed by atoms with Gasteiger partial charge in [0.1, 0.15) is 22.5 Å². The Balaban J connectivity index is 1.43. The third kappa shape index (κ3) is 5.94. The molecule has 0 spiro atoms. The average Bonchev–Trinajstić information content (AvgIpc) is 3.59. The van der Waals surface area contributed by atoms with Crippen LogP contribution in [0.4, 0.5) is 0 Å². The van der Waals surface area contributed by atoms with Crippen molar-refractivity contribution in [2.45, 2.75) is 65.2 Å². The average molecular weight is 501 g/mol. The molecule has 1 aromatic carbocycles. The smallest absolute Gasteiger partial charge is 0.137 e. The summed E-state index contributed by atoms with van der Waals surface area (Å²) in [4.78, 5) is 2.24. The van der Waals surface area contributed by atoms with E-state index in [1.54, 1.807) is 22.7 Å². The Hall–Kier alpha value is -1.96. The van der Waals surface area contributed by atoms with Gasteiger partial charge in [-0.2, -0.15) is 8.75 Å². The first-order valence-electron chi connectivity index (χ1n) is 12.0. The molecule has 4 nitrogen and oxygen atoms in total. The zero-order valence-corrected chi connectivity index (χ0v) is 21.9. The number of rotatable bonds is 14. The summed E-state index contributed by atoms with van der Waals surface area (Å²) in [6.07, 6.45) is 10.4. The first kappa shape index (κ1) is 24.2. The second-order valence-corrected chi connectivity index (χ2v) is 10.5. The fourth-order valence-corrected chi connectivity index (χ4v) is 6.32. The highest BCUT2D eigenvalue weighted by Crippen LogP contribution is 2.44. The van der Waals surface area contributed by atoms with E-state index in [9.17, 15) is 0 Å². The molecular formula is C26H32N2O2S3. The quantitative estimate of drug-likeness (QED) is 0.162. The van der Waals surface area contributed by atoms with Gasteiger partial charge < -0.3 is 9.47 Å². The van der Waals surface area contributed by atoms with Gasteiger partial charge in [0.05, 0.1) is 34.7 Å². The number of fused-ring (bicyclic) bond motifs is 1. The summed E-state index contributed by atoms with van der Waals surface area (Å²) >= 11 is 4.65. The predicted molar refractivity (Wildman–Crippen MR) is 143 cm³/mol. The van der Waals surface area contributed by atoms with Gasteiger partial charge in [-0.25, -0.2) is 0 Å². The van der Waals surface area contributed by atoms with Crippen molar-refractivity contribution < 1.29 is 9.47 Å². The van der Waals surface area contributed by atoms with Crippen molar-refractivity contribution in [3.8, 4) is 32.4 Å². The molecule has 0 saturated heterocycles. The Labute approximate surface area is 208 Å². The van der Waals surface area contributed by atoms with E-state index in [1.807, 2.05) is 13.0 Å². The van der Waals surface area contributed by atoms with Crippen LogP contribution in [0.3, 0.4) is 0 Å². The van der Waals surface area contributed by atoms with Crippen LogP contribution in [0.5, 0.6) is 11.5 Å². The molecule has 3 aromatic heterocycles. The Morgan fingerprint density at radius 2 is 1.21 bits per heavy atom. The molecule has 0 radical (unpaired) electrons. The Kier molecular flexibility index (Phi) is 9.15. The molecule has 4 aromatic rings. The van der Waals surface area contributed by atoms with Gasteiger partial charge in [-0.1, -0.05) is 64.0 Å². The first-order chi connectivity index (χ1) is 16.3. The van der Waals surface area contributed by atoms with E-state index < -0.39 is 0 Å². The minimum atomic E-state index is 0.648. The molecule has 0 aliphatic carbocycles. The number of thiophene rings is 2. The molecule has 7 heteroatoms. The maximum absolute atomic E-state index is 6.20. The van der Waals surface area contributed by atoms with E-state index in [0.29, 0.717) is 6.61 Å². The molecule has 0 N–H and O–H groups in total. The monoisotopic (exact) mass is 500 g/mol. The summed E-state index contributed by atoms with van der Waals surface area (Å²) in [6, 6.07) is 8.41. The molecule has 0 amide bonds. The third-order valence-corrected chi connectivity index (χ3v) is 8.10. The van der Waals surface area contributed by atoms with Crippen LogP contribution in [-0.4, -0.2) is 22.0 Å². The van der Waals surface area contributed by atoms with Gasteiger partial charge in [-0.3, -0.25) is 0 Å². The minimum absolute atomic E-state index is 0.648. The zero-order chi connectivity index (χ0) is 22.9. The van der Waals surface area contributed by atoms with Crippen LogP contribution in [-0.2, 0) is 0 Å². The van der Waals surface area contributed by atoms with Crippen LogP contribution in [0.2, 0.25) is 0 Å². The fourth-order valence-electron chi connectivity index (χ4n) is 4.02. The predicted octanol–water partition coefficient (Wildman–Crippen LogP) is 9.07. The molecule has 33 heavy (non-hydrogen) atoms. The molecule has 0 aliphatic rings. The van der Waals surface area contributed by atoms with Crippen LogP contribution in [0.1, 0.15) is 65.2 Å². The summed E-state index contributed by atoms with van der Waals surface area (Å²) in [5.41, 5.74) is 4.05. The van der Waals surface area contributed by atoms with E-state index >= 15 is 0 Å². The molecule has 0 unspecified atom stereocenters. The molecule has 3 heterocycles. The van der Waals surface area contributed by atoms with Crippen molar-refractivity contribution in [1.29, 1.82) is 0 Å². The lowest BCUT2D eigenvalue weighted by atomic mass is 10.1. The molecule has 0 aliphatic heterocycles.